The van der Waals surface area contributed by atoms with Crippen LogP contribution in [0.1, 0.15) is 64.2 Å². The monoisotopic (exact) mass is 589 g/mol. The van der Waals surface area contributed by atoms with Gasteiger partial charge in [0.25, 0.3) is 0 Å². The third-order valence-corrected chi connectivity index (χ3v) is 5.86. The summed E-state index contributed by atoms with van der Waals surface area (Å²) in [7, 11) is 0. The van der Waals surface area contributed by atoms with Crippen molar-refractivity contribution in [1.82, 2.24) is 21.3 Å². The summed E-state index contributed by atoms with van der Waals surface area (Å²) in [6.07, 6.45) is 0.591. The van der Waals surface area contributed by atoms with Crippen LogP contribution in [-0.4, -0.2) is 101 Å². The van der Waals surface area contributed by atoms with Gasteiger partial charge in [-0.15, -0.1) is 0 Å². The molecule has 0 bridgehead atoms. The van der Waals surface area contributed by atoms with E-state index in [9.17, 15) is 33.6 Å². The summed E-state index contributed by atoms with van der Waals surface area (Å²) in [6, 6.07) is -5.05. The topological polar surface area (TPSA) is 306 Å². The van der Waals surface area contributed by atoms with Crippen LogP contribution in [0.5, 0.6) is 0 Å². The Labute approximate surface area is 237 Å². The van der Waals surface area contributed by atoms with Gasteiger partial charge in [-0.25, -0.2) is 0 Å². The molecule has 17 heteroatoms. The molecule has 0 aliphatic rings. The zero-order valence-electron chi connectivity index (χ0n) is 22.9. The number of nitrogens with one attached hydrogen (secondary N) is 4. The molecule has 0 aromatic rings. The second-order valence-electron chi connectivity index (χ2n) is 9.34. The number of carboxylic acids is 3. The molecular formula is C24H43N7O10. The number of carbonyl (C=O) groups excluding carboxylic acids is 4. The number of rotatable bonds is 23. The molecule has 0 radical (unpaired) electrons. The smallest absolute Gasteiger partial charge is 0.322 e. The van der Waals surface area contributed by atoms with Gasteiger partial charge in [-0.1, -0.05) is 0 Å². The van der Waals surface area contributed by atoms with Gasteiger partial charge in [-0.2, -0.15) is 0 Å². The molecule has 0 heterocycles. The fraction of sp³-hybridized carbons (Fsp3) is 0.708. The van der Waals surface area contributed by atoms with Crippen LogP contribution >= 0.6 is 0 Å². The first-order chi connectivity index (χ1) is 19.3. The maximum Gasteiger partial charge on any atom is 0.322 e. The lowest BCUT2D eigenvalue weighted by Gasteiger charge is -2.26. The van der Waals surface area contributed by atoms with Crippen molar-refractivity contribution in [2.24, 2.45) is 17.2 Å². The average Bonchev–Trinajstić information content (AvgIpc) is 2.90. The summed E-state index contributed by atoms with van der Waals surface area (Å²) in [4.78, 5) is 84.1. The molecule has 0 rings (SSSR count). The molecule has 41 heavy (non-hydrogen) atoms. The number of hydrogen-bond donors (Lipinski definition) is 10. The van der Waals surface area contributed by atoms with Crippen molar-refractivity contribution in [2.45, 2.75) is 88.4 Å². The highest BCUT2D eigenvalue weighted by atomic mass is 16.4. The number of unbranched alkanes of at least 4 members (excludes halogenated alkanes) is 2. The minimum atomic E-state index is -1.42. The van der Waals surface area contributed by atoms with Gasteiger partial charge < -0.3 is 53.8 Å². The van der Waals surface area contributed by atoms with E-state index in [1.165, 1.54) is 0 Å². The molecule has 0 fully saturated rings. The van der Waals surface area contributed by atoms with E-state index in [4.69, 9.17) is 32.5 Å². The molecule has 17 nitrogen and oxygen atoms in total. The molecule has 234 valence electrons. The Kier molecular flexibility index (Phi) is 19.0. The van der Waals surface area contributed by atoms with Crippen LogP contribution in [-0.2, 0) is 33.6 Å². The predicted molar refractivity (Wildman–Crippen MR) is 144 cm³/mol. The molecule has 0 aromatic heterocycles. The molecule has 0 aliphatic heterocycles. The van der Waals surface area contributed by atoms with E-state index in [-0.39, 0.29) is 25.7 Å². The fourth-order valence-electron chi connectivity index (χ4n) is 3.58. The molecule has 0 aromatic carbocycles. The van der Waals surface area contributed by atoms with Crippen LogP contribution in [0.2, 0.25) is 0 Å². The molecule has 0 aliphatic carbocycles. The van der Waals surface area contributed by atoms with Crippen molar-refractivity contribution in [3.05, 3.63) is 0 Å². The number of carbonyl (C=O) groups is 7. The maximum absolute atomic E-state index is 13.2. The minimum absolute atomic E-state index is 0.0821. The molecule has 13 N–H and O–H groups in total. The van der Waals surface area contributed by atoms with Crippen molar-refractivity contribution in [3.63, 3.8) is 0 Å². The van der Waals surface area contributed by atoms with Crippen molar-refractivity contribution in [1.29, 1.82) is 0 Å². The quantitative estimate of drug-likeness (QED) is 0.0530. The lowest BCUT2D eigenvalue weighted by molar-refractivity contribution is -0.139. The van der Waals surface area contributed by atoms with Gasteiger partial charge in [0.05, 0.1) is 6.04 Å². The highest BCUT2D eigenvalue weighted by Gasteiger charge is 2.30. The van der Waals surface area contributed by atoms with Crippen LogP contribution < -0.4 is 38.5 Å². The third-order valence-electron chi connectivity index (χ3n) is 5.86. The van der Waals surface area contributed by atoms with Gasteiger partial charge in [-0.3, -0.25) is 33.6 Å². The Morgan fingerprint density at radius 2 is 0.951 bits per heavy atom. The Morgan fingerprint density at radius 3 is 1.39 bits per heavy atom. The Bertz CT molecular complexity index is 902. The van der Waals surface area contributed by atoms with Crippen LogP contribution in [0.25, 0.3) is 0 Å². The van der Waals surface area contributed by atoms with Gasteiger partial charge in [0.2, 0.25) is 23.6 Å². The number of aliphatic carboxylic acids is 3. The van der Waals surface area contributed by atoms with E-state index in [0.717, 1.165) is 0 Å². The van der Waals surface area contributed by atoms with Gasteiger partial charge in [0, 0.05) is 12.8 Å². The van der Waals surface area contributed by atoms with Gasteiger partial charge in [0.1, 0.15) is 24.7 Å². The summed E-state index contributed by atoms with van der Waals surface area (Å²) in [5.74, 6) is -7.00. The van der Waals surface area contributed by atoms with Crippen LogP contribution in [0.4, 0.5) is 0 Å². The van der Waals surface area contributed by atoms with E-state index in [2.05, 4.69) is 21.3 Å². The molecule has 0 unspecified atom stereocenters. The highest BCUT2D eigenvalue weighted by molar-refractivity contribution is 5.95. The predicted octanol–water partition coefficient (Wildman–Crippen LogP) is -3.04. The van der Waals surface area contributed by atoms with E-state index in [1.807, 2.05) is 0 Å². The van der Waals surface area contributed by atoms with E-state index in [1.54, 1.807) is 0 Å². The first-order valence-electron chi connectivity index (χ1n) is 13.3. The number of carboxylic acid groups (broad SMARTS) is 3. The summed E-state index contributed by atoms with van der Waals surface area (Å²) in [5.41, 5.74) is 16.7. The second-order valence-corrected chi connectivity index (χ2v) is 9.34. The number of amides is 4. The van der Waals surface area contributed by atoms with Crippen LogP contribution in [0.15, 0.2) is 0 Å². The standard InChI is InChI=1S/C24H43N7O10/c25-11-3-1-5-15(22(39)28-13-20(36)37)30-23(40)16(6-2-4-12-26)31-24(41)17(8-10-19(34)35)29-21(38)14(27)7-9-18(32)33/h14-17H,1-13,25-27H2,(H,28,39)(H,29,38)(H,30,40)(H,31,41)(H,32,33)(H,34,35)(H,36,37)/t14-,15-,16-,17-/m0/s1. The minimum Gasteiger partial charge on any atom is -0.481 e. The van der Waals surface area contributed by atoms with Crippen LogP contribution in [0.3, 0.4) is 0 Å². The molecule has 0 saturated heterocycles. The van der Waals surface area contributed by atoms with E-state index in [0.29, 0.717) is 38.8 Å². The van der Waals surface area contributed by atoms with Crippen molar-refractivity contribution < 1.29 is 48.9 Å². The third kappa shape index (κ3) is 17.5. The second kappa shape index (κ2) is 21.0. The molecule has 0 spiro atoms. The molecular weight excluding hydrogens is 546 g/mol. The van der Waals surface area contributed by atoms with Gasteiger partial charge in [0.15, 0.2) is 0 Å². The normalized spacial score (nSPS) is 13.6. The summed E-state index contributed by atoms with van der Waals surface area (Å²) >= 11 is 0. The SMILES string of the molecule is NCCCC[C@H](NC(=O)[C@H](CCCCN)NC(=O)[C@H](CCC(=O)O)NC(=O)[C@@H](N)CCC(=O)O)C(=O)NCC(=O)O. The summed E-state index contributed by atoms with van der Waals surface area (Å²) in [5, 5.41) is 36.2. The highest BCUT2D eigenvalue weighted by Crippen LogP contribution is 2.08. The molecule has 4 amide bonds. The summed E-state index contributed by atoms with van der Waals surface area (Å²) < 4.78 is 0. The van der Waals surface area contributed by atoms with Crippen molar-refractivity contribution >= 4 is 41.5 Å². The largest absolute Gasteiger partial charge is 0.481 e. The van der Waals surface area contributed by atoms with Gasteiger partial charge in [-0.05, 0) is 64.5 Å². The number of hydrogen-bond acceptors (Lipinski definition) is 10. The average molecular weight is 590 g/mol. The Morgan fingerprint density at radius 1 is 0.537 bits per heavy atom. The maximum atomic E-state index is 13.2. The molecule has 4 atom stereocenters. The van der Waals surface area contributed by atoms with E-state index >= 15 is 0 Å². The lowest BCUT2D eigenvalue weighted by Crippen LogP contribution is -2.58. The Hall–Kier alpha value is -3.83. The first-order valence-corrected chi connectivity index (χ1v) is 13.3. The first kappa shape index (κ1) is 37.2. The summed E-state index contributed by atoms with van der Waals surface area (Å²) in [6.45, 7) is -0.0377. The lowest BCUT2D eigenvalue weighted by atomic mass is 10.0. The van der Waals surface area contributed by atoms with E-state index < -0.39 is 85.1 Å². The van der Waals surface area contributed by atoms with Gasteiger partial charge >= 0.3 is 17.9 Å². The number of nitrogens with two attached hydrogens (primary N) is 3. The Balaban J connectivity index is 5.75. The van der Waals surface area contributed by atoms with Crippen molar-refractivity contribution in [3.8, 4) is 0 Å². The van der Waals surface area contributed by atoms with Crippen LogP contribution in [0, 0.1) is 0 Å². The zero-order valence-corrected chi connectivity index (χ0v) is 22.9. The van der Waals surface area contributed by atoms with Crippen molar-refractivity contribution in [2.75, 3.05) is 19.6 Å². The molecule has 0 saturated carbocycles. The fourth-order valence-corrected chi connectivity index (χ4v) is 3.58. The zero-order chi connectivity index (χ0) is 31.4.